The molecule has 1 atom stereocenters. The topological polar surface area (TPSA) is 61.4 Å². The molecule has 0 aromatic rings. The van der Waals surface area contributed by atoms with E-state index in [0.717, 1.165) is 42.5 Å². The molecule has 1 amide bonds. The highest BCUT2D eigenvalue weighted by Crippen LogP contribution is 2.07. The predicted octanol–water partition coefficient (Wildman–Crippen LogP) is -0.0768. The third-order valence-electron chi connectivity index (χ3n) is 2.23. The van der Waals surface area contributed by atoms with Crippen molar-refractivity contribution in [3.05, 3.63) is 0 Å². The van der Waals surface area contributed by atoms with Gasteiger partial charge in [-0.3, -0.25) is 4.79 Å². The van der Waals surface area contributed by atoms with Crippen LogP contribution in [0.2, 0.25) is 0 Å². The lowest BCUT2D eigenvalue weighted by atomic mass is 10.3. The summed E-state index contributed by atoms with van der Waals surface area (Å²) in [6.45, 7) is 1.90. The number of aliphatic hydroxyl groups excluding tert-OH is 1. The van der Waals surface area contributed by atoms with Crippen LogP contribution in [0.15, 0.2) is 0 Å². The van der Waals surface area contributed by atoms with Gasteiger partial charge >= 0.3 is 0 Å². The standard InChI is InChI=1S/C10H20N2O2S2/c13-4-1-5-15-6-3-12-10(14)9-8-16-7-2-11-9/h9,11,13H,1-8H2,(H,12,14). The molecule has 6 heteroatoms. The third kappa shape index (κ3) is 5.98. The SMILES string of the molecule is O=C(NCCSCCCO)C1CSCCN1. The van der Waals surface area contributed by atoms with E-state index >= 15 is 0 Å². The van der Waals surface area contributed by atoms with Crippen LogP contribution < -0.4 is 10.6 Å². The minimum Gasteiger partial charge on any atom is -0.396 e. The van der Waals surface area contributed by atoms with Crippen molar-refractivity contribution in [2.45, 2.75) is 12.5 Å². The van der Waals surface area contributed by atoms with Crippen LogP contribution in [0.1, 0.15) is 6.42 Å². The maximum absolute atomic E-state index is 11.7. The summed E-state index contributed by atoms with van der Waals surface area (Å²) in [4.78, 5) is 11.7. The number of carbonyl (C=O) groups is 1. The maximum atomic E-state index is 11.7. The lowest BCUT2D eigenvalue weighted by Gasteiger charge is -2.22. The fourth-order valence-electron chi connectivity index (χ4n) is 1.37. The van der Waals surface area contributed by atoms with Crippen LogP contribution in [0.3, 0.4) is 0 Å². The molecular formula is C10H20N2O2S2. The summed E-state index contributed by atoms with van der Waals surface area (Å²) in [5, 5.41) is 14.7. The van der Waals surface area contributed by atoms with Crippen molar-refractivity contribution in [3.63, 3.8) is 0 Å². The largest absolute Gasteiger partial charge is 0.396 e. The van der Waals surface area contributed by atoms with Gasteiger partial charge in [-0.1, -0.05) is 0 Å². The van der Waals surface area contributed by atoms with Crippen molar-refractivity contribution in [3.8, 4) is 0 Å². The Bertz CT molecular complexity index is 199. The molecule has 0 bridgehead atoms. The number of aliphatic hydroxyl groups is 1. The molecule has 0 saturated carbocycles. The highest BCUT2D eigenvalue weighted by atomic mass is 32.2. The van der Waals surface area contributed by atoms with E-state index in [4.69, 9.17) is 5.11 Å². The summed E-state index contributed by atoms with van der Waals surface area (Å²) >= 11 is 3.59. The van der Waals surface area contributed by atoms with Crippen LogP contribution in [0.4, 0.5) is 0 Å². The van der Waals surface area contributed by atoms with Gasteiger partial charge in [-0.2, -0.15) is 23.5 Å². The molecule has 0 radical (unpaired) electrons. The van der Waals surface area contributed by atoms with Crippen molar-refractivity contribution < 1.29 is 9.90 Å². The lowest BCUT2D eigenvalue weighted by Crippen LogP contribution is -2.49. The zero-order valence-electron chi connectivity index (χ0n) is 9.41. The zero-order valence-corrected chi connectivity index (χ0v) is 11.0. The second-order valence-corrected chi connectivity index (χ2v) is 5.94. The molecule has 1 aliphatic heterocycles. The van der Waals surface area contributed by atoms with Crippen molar-refractivity contribution in [2.24, 2.45) is 0 Å². The van der Waals surface area contributed by atoms with E-state index in [0.29, 0.717) is 0 Å². The molecule has 0 spiro atoms. The molecule has 1 saturated heterocycles. The number of nitrogens with one attached hydrogen (secondary N) is 2. The summed E-state index contributed by atoms with van der Waals surface area (Å²) < 4.78 is 0. The van der Waals surface area contributed by atoms with Gasteiger partial charge < -0.3 is 15.7 Å². The number of thioether (sulfide) groups is 2. The molecule has 4 nitrogen and oxygen atoms in total. The van der Waals surface area contributed by atoms with E-state index in [1.807, 2.05) is 11.8 Å². The number of amides is 1. The molecule has 3 N–H and O–H groups in total. The highest BCUT2D eigenvalue weighted by molar-refractivity contribution is 7.99. The first kappa shape index (κ1) is 14.2. The first-order valence-electron chi connectivity index (χ1n) is 5.62. The third-order valence-corrected chi connectivity index (χ3v) is 4.36. The molecule has 1 aliphatic rings. The molecule has 0 aromatic heterocycles. The van der Waals surface area contributed by atoms with Crippen molar-refractivity contribution in [1.29, 1.82) is 0 Å². The Morgan fingerprint density at radius 1 is 1.56 bits per heavy atom. The van der Waals surface area contributed by atoms with Gasteiger partial charge in [0.1, 0.15) is 0 Å². The summed E-state index contributed by atoms with van der Waals surface area (Å²) in [7, 11) is 0. The Labute approximate surface area is 105 Å². The number of hydrogen-bond acceptors (Lipinski definition) is 5. The number of carbonyl (C=O) groups excluding carboxylic acids is 1. The van der Waals surface area contributed by atoms with Crippen LogP contribution in [-0.4, -0.2) is 59.8 Å². The molecular weight excluding hydrogens is 244 g/mol. The van der Waals surface area contributed by atoms with Crippen LogP contribution in [-0.2, 0) is 4.79 Å². The fourth-order valence-corrected chi connectivity index (χ4v) is 3.09. The van der Waals surface area contributed by atoms with Gasteiger partial charge in [-0.25, -0.2) is 0 Å². The first-order valence-corrected chi connectivity index (χ1v) is 7.93. The van der Waals surface area contributed by atoms with Gasteiger partial charge in [-0.15, -0.1) is 0 Å². The number of rotatable bonds is 7. The van der Waals surface area contributed by atoms with Crippen LogP contribution in [0, 0.1) is 0 Å². The quantitative estimate of drug-likeness (QED) is 0.562. The summed E-state index contributed by atoms with van der Waals surface area (Å²) in [6, 6.07) is -0.0128. The van der Waals surface area contributed by atoms with Crippen LogP contribution in [0.25, 0.3) is 0 Å². The van der Waals surface area contributed by atoms with E-state index in [1.165, 1.54) is 0 Å². The van der Waals surface area contributed by atoms with Gasteiger partial charge in [0.25, 0.3) is 0 Å². The molecule has 16 heavy (non-hydrogen) atoms. The Balaban J connectivity index is 1.97. The second-order valence-electron chi connectivity index (χ2n) is 3.56. The first-order chi connectivity index (χ1) is 7.84. The minimum absolute atomic E-state index is 0.0128. The smallest absolute Gasteiger partial charge is 0.238 e. The molecule has 1 unspecified atom stereocenters. The molecule has 94 valence electrons. The predicted molar refractivity (Wildman–Crippen MR) is 71.2 cm³/mol. The summed E-state index contributed by atoms with van der Waals surface area (Å²) in [5.41, 5.74) is 0. The van der Waals surface area contributed by atoms with E-state index in [2.05, 4.69) is 10.6 Å². The minimum atomic E-state index is -0.0128. The Hall–Kier alpha value is 0.0900. The van der Waals surface area contributed by atoms with Crippen LogP contribution >= 0.6 is 23.5 Å². The zero-order chi connectivity index (χ0) is 11.6. The van der Waals surface area contributed by atoms with Gasteiger partial charge in [0.05, 0.1) is 6.04 Å². The van der Waals surface area contributed by atoms with Gasteiger partial charge in [0.2, 0.25) is 5.91 Å². The number of hydrogen-bond donors (Lipinski definition) is 3. The van der Waals surface area contributed by atoms with Gasteiger partial charge in [0.15, 0.2) is 0 Å². The lowest BCUT2D eigenvalue weighted by molar-refractivity contribution is -0.122. The van der Waals surface area contributed by atoms with Gasteiger partial charge in [-0.05, 0) is 12.2 Å². The van der Waals surface area contributed by atoms with E-state index < -0.39 is 0 Å². The van der Waals surface area contributed by atoms with E-state index in [1.54, 1.807) is 11.8 Å². The van der Waals surface area contributed by atoms with Crippen molar-refractivity contribution in [2.75, 3.05) is 42.7 Å². The van der Waals surface area contributed by atoms with E-state index in [9.17, 15) is 4.79 Å². The Kier molecular flexibility index (Phi) is 8.10. The van der Waals surface area contributed by atoms with Crippen LogP contribution in [0.5, 0.6) is 0 Å². The fraction of sp³-hybridized carbons (Fsp3) is 0.900. The highest BCUT2D eigenvalue weighted by Gasteiger charge is 2.19. The second kappa shape index (κ2) is 9.15. The normalized spacial score (nSPS) is 20.7. The average Bonchev–Trinajstić information content (AvgIpc) is 2.34. The molecule has 0 aromatic carbocycles. The monoisotopic (exact) mass is 264 g/mol. The Morgan fingerprint density at radius 2 is 2.44 bits per heavy atom. The van der Waals surface area contributed by atoms with Gasteiger partial charge in [0, 0.05) is 37.0 Å². The maximum Gasteiger partial charge on any atom is 0.238 e. The van der Waals surface area contributed by atoms with Crippen molar-refractivity contribution in [1.82, 2.24) is 10.6 Å². The van der Waals surface area contributed by atoms with Crippen molar-refractivity contribution >= 4 is 29.4 Å². The Morgan fingerprint density at radius 3 is 3.12 bits per heavy atom. The summed E-state index contributed by atoms with van der Waals surface area (Å²) in [6.07, 6.45) is 0.833. The molecule has 1 fully saturated rings. The average molecular weight is 264 g/mol. The molecule has 0 aliphatic carbocycles. The summed E-state index contributed by atoms with van der Waals surface area (Å²) in [5.74, 6) is 3.98. The van der Waals surface area contributed by atoms with E-state index in [-0.39, 0.29) is 18.6 Å². The molecule has 1 rings (SSSR count). The molecule has 1 heterocycles.